The van der Waals surface area contributed by atoms with Gasteiger partial charge in [0.15, 0.2) is 0 Å². The van der Waals surface area contributed by atoms with E-state index in [9.17, 15) is 13.2 Å². The van der Waals surface area contributed by atoms with E-state index in [2.05, 4.69) is 15.4 Å². The molecule has 1 amide bonds. The minimum absolute atomic E-state index is 0.0368. The lowest BCUT2D eigenvalue weighted by molar-refractivity contribution is -0.120. The fourth-order valence-corrected chi connectivity index (χ4v) is 3.82. The Labute approximate surface area is 147 Å². The largest absolute Gasteiger partial charge is 0.326 e. The molecular weight excluding hydrogens is 338 g/mol. The molecule has 0 saturated carbocycles. The van der Waals surface area contributed by atoms with E-state index in [-0.39, 0.29) is 16.7 Å². The SMILES string of the molecule is O=C(Nc1ccc(S(=O)(=O)Nc2ccccc2)cc1)C1CCCNC1. The van der Waals surface area contributed by atoms with E-state index < -0.39 is 10.0 Å². The first-order valence-electron chi connectivity index (χ1n) is 8.24. The summed E-state index contributed by atoms with van der Waals surface area (Å²) in [5.74, 6) is -0.0814. The number of anilines is 2. The summed E-state index contributed by atoms with van der Waals surface area (Å²) in [6, 6.07) is 14.9. The van der Waals surface area contributed by atoms with Gasteiger partial charge in [0.1, 0.15) is 0 Å². The molecule has 0 bridgehead atoms. The van der Waals surface area contributed by atoms with Crippen LogP contribution < -0.4 is 15.4 Å². The molecule has 1 aliphatic heterocycles. The van der Waals surface area contributed by atoms with Crippen LogP contribution in [0.5, 0.6) is 0 Å². The first kappa shape index (κ1) is 17.4. The predicted molar refractivity (Wildman–Crippen MR) is 97.9 cm³/mol. The predicted octanol–water partition coefficient (Wildman–Crippen LogP) is 2.43. The van der Waals surface area contributed by atoms with Crippen LogP contribution >= 0.6 is 0 Å². The number of hydrogen-bond acceptors (Lipinski definition) is 4. The van der Waals surface area contributed by atoms with Crippen molar-refractivity contribution in [3.8, 4) is 0 Å². The number of para-hydroxylation sites is 1. The van der Waals surface area contributed by atoms with Crippen LogP contribution in [0.4, 0.5) is 11.4 Å². The molecule has 132 valence electrons. The van der Waals surface area contributed by atoms with Gasteiger partial charge in [-0.15, -0.1) is 0 Å². The molecule has 1 fully saturated rings. The maximum atomic E-state index is 12.4. The summed E-state index contributed by atoms with van der Waals surface area (Å²) in [5, 5.41) is 6.05. The highest BCUT2D eigenvalue weighted by Crippen LogP contribution is 2.19. The van der Waals surface area contributed by atoms with Crippen LogP contribution in [-0.4, -0.2) is 27.4 Å². The van der Waals surface area contributed by atoms with Crippen molar-refractivity contribution in [1.29, 1.82) is 0 Å². The second-order valence-corrected chi connectivity index (χ2v) is 7.71. The minimum Gasteiger partial charge on any atom is -0.326 e. The lowest BCUT2D eigenvalue weighted by atomic mass is 9.99. The first-order chi connectivity index (χ1) is 12.0. The second-order valence-electron chi connectivity index (χ2n) is 6.03. The maximum absolute atomic E-state index is 12.4. The molecule has 1 atom stereocenters. The Kier molecular flexibility index (Phi) is 5.35. The van der Waals surface area contributed by atoms with E-state index in [0.717, 1.165) is 19.4 Å². The van der Waals surface area contributed by atoms with Gasteiger partial charge in [-0.2, -0.15) is 0 Å². The third kappa shape index (κ3) is 4.58. The Morgan fingerprint density at radius 3 is 2.36 bits per heavy atom. The molecule has 3 N–H and O–H groups in total. The Balaban J connectivity index is 1.66. The summed E-state index contributed by atoms with van der Waals surface area (Å²) in [5.41, 5.74) is 1.10. The van der Waals surface area contributed by atoms with Crippen molar-refractivity contribution in [3.63, 3.8) is 0 Å². The molecule has 0 aliphatic carbocycles. The van der Waals surface area contributed by atoms with Gasteiger partial charge in [0.25, 0.3) is 10.0 Å². The average molecular weight is 359 g/mol. The molecule has 25 heavy (non-hydrogen) atoms. The first-order valence-corrected chi connectivity index (χ1v) is 9.72. The topological polar surface area (TPSA) is 87.3 Å². The highest BCUT2D eigenvalue weighted by molar-refractivity contribution is 7.92. The smallest absolute Gasteiger partial charge is 0.261 e. The van der Waals surface area contributed by atoms with Gasteiger partial charge in [0.2, 0.25) is 5.91 Å². The molecule has 6 nitrogen and oxygen atoms in total. The Bertz CT molecular complexity index is 814. The lowest BCUT2D eigenvalue weighted by Gasteiger charge is -2.21. The summed E-state index contributed by atoms with van der Waals surface area (Å²) in [7, 11) is -3.65. The standard InChI is InChI=1S/C18H21N3O3S/c22-18(14-5-4-12-19-13-14)20-15-8-10-17(11-9-15)25(23,24)21-16-6-2-1-3-7-16/h1-3,6-11,14,19,21H,4-5,12-13H2,(H,20,22). The van der Waals surface area contributed by atoms with Gasteiger partial charge in [-0.05, 0) is 55.8 Å². The van der Waals surface area contributed by atoms with Gasteiger partial charge < -0.3 is 10.6 Å². The molecule has 1 aliphatic rings. The number of piperidine rings is 1. The molecule has 2 aromatic carbocycles. The molecule has 1 heterocycles. The quantitative estimate of drug-likeness (QED) is 0.765. The van der Waals surface area contributed by atoms with Crippen LogP contribution in [0.25, 0.3) is 0 Å². The zero-order chi connectivity index (χ0) is 17.7. The van der Waals surface area contributed by atoms with Crippen molar-refractivity contribution in [2.24, 2.45) is 5.92 Å². The van der Waals surface area contributed by atoms with Crippen molar-refractivity contribution in [2.75, 3.05) is 23.1 Å². The van der Waals surface area contributed by atoms with E-state index in [1.807, 2.05) is 6.07 Å². The van der Waals surface area contributed by atoms with Crippen LogP contribution in [0, 0.1) is 5.92 Å². The number of rotatable bonds is 5. The minimum atomic E-state index is -3.65. The van der Waals surface area contributed by atoms with Crippen molar-refractivity contribution < 1.29 is 13.2 Å². The van der Waals surface area contributed by atoms with Crippen LogP contribution in [-0.2, 0) is 14.8 Å². The van der Waals surface area contributed by atoms with Crippen LogP contribution in [0.1, 0.15) is 12.8 Å². The fraction of sp³-hybridized carbons (Fsp3) is 0.278. The number of carbonyl (C=O) groups excluding carboxylic acids is 1. The van der Waals surface area contributed by atoms with Gasteiger partial charge >= 0.3 is 0 Å². The molecular formula is C18H21N3O3S. The summed E-state index contributed by atoms with van der Waals surface area (Å²) in [4.78, 5) is 12.4. The molecule has 0 aromatic heterocycles. The highest BCUT2D eigenvalue weighted by Gasteiger charge is 2.21. The van der Waals surface area contributed by atoms with Crippen molar-refractivity contribution in [2.45, 2.75) is 17.7 Å². The van der Waals surface area contributed by atoms with E-state index in [1.54, 1.807) is 36.4 Å². The number of amides is 1. The zero-order valence-electron chi connectivity index (χ0n) is 13.7. The molecule has 3 rings (SSSR count). The highest BCUT2D eigenvalue weighted by atomic mass is 32.2. The van der Waals surface area contributed by atoms with E-state index in [4.69, 9.17) is 0 Å². The van der Waals surface area contributed by atoms with Gasteiger partial charge in [-0.3, -0.25) is 9.52 Å². The van der Waals surface area contributed by atoms with Gasteiger partial charge in [0.05, 0.1) is 10.8 Å². The third-order valence-corrected chi connectivity index (χ3v) is 5.52. The Morgan fingerprint density at radius 2 is 1.72 bits per heavy atom. The van der Waals surface area contributed by atoms with Crippen LogP contribution in [0.15, 0.2) is 59.5 Å². The van der Waals surface area contributed by atoms with Gasteiger partial charge in [-0.25, -0.2) is 8.42 Å². The molecule has 0 spiro atoms. The molecule has 1 saturated heterocycles. The number of nitrogens with one attached hydrogen (secondary N) is 3. The van der Waals surface area contributed by atoms with Crippen LogP contribution in [0.2, 0.25) is 0 Å². The van der Waals surface area contributed by atoms with E-state index in [0.29, 0.717) is 17.9 Å². The number of benzene rings is 2. The number of carbonyl (C=O) groups is 1. The fourth-order valence-electron chi connectivity index (χ4n) is 2.76. The Morgan fingerprint density at radius 1 is 1.00 bits per heavy atom. The lowest BCUT2D eigenvalue weighted by Crippen LogP contribution is -2.37. The summed E-state index contributed by atoms with van der Waals surface area (Å²) in [6.45, 7) is 1.63. The van der Waals surface area contributed by atoms with Gasteiger partial charge in [-0.1, -0.05) is 18.2 Å². The zero-order valence-corrected chi connectivity index (χ0v) is 14.6. The molecule has 2 aromatic rings. The van der Waals surface area contributed by atoms with E-state index in [1.165, 1.54) is 12.1 Å². The molecule has 7 heteroatoms. The normalized spacial score (nSPS) is 17.7. The van der Waals surface area contributed by atoms with Crippen molar-refractivity contribution in [3.05, 3.63) is 54.6 Å². The third-order valence-electron chi connectivity index (χ3n) is 4.13. The van der Waals surface area contributed by atoms with E-state index >= 15 is 0 Å². The number of hydrogen-bond donors (Lipinski definition) is 3. The number of sulfonamides is 1. The maximum Gasteiger partial charge on any atom is 0.261 e. The monoisotopic (exact) mass is 359 g/mol. The van der Waals surface area contributed by atoms with Crippen molar-refractivity contribution in [1.82, 2.24) is 5.32 Å². The average Bonchev–Trinajstić information content (AvgIpc) is 2.63. The van der Waals surface area contributed by atoms with Crippen LogP contribution in [0.3, 0.4) is 0 Å². The summed E-state index contributed by atoms with van der Waals surface area (Å²) >= 11 is 0. The molecule has 0 radical (unpaired) electrons. The molecule has 1 unspecified atom stereocenters. The summed E-state index contributed by atoms with van der Waals surface area (Å²) < 4.78 is 27.3. The second kappa shape index (κ2) is 7.67. The van der Waals surface area contributed by atoms with Gasteiger partial charge in [0, 0.05) is 17.9 Å². The summed E-state index contributed by atoms with van der Waals surface area (Å²) in [6.07, 6.45) is 1.85. The van der Waals surface area contributed by atoms with Crippen molar-refractivity contribution >= 4 is 27.3 Å². The Hall–Kier alpha value is -2.38.